The van der Waals surface area contributed by atoms with Gasteiger partial charge in [0.05, 0.1) is 12.5 Å². The molecule has 4 nitrogen and oxygen atoms in total. The van der Waals surface area contributed by atoms with Crippen molar-refractivity contribution in [3.8, 4) is 0 Å². The van der Waals surface area contributed by atoms with Crippen molar-refractivity contribution in [2.45, 2.75) is 58.0 Å². The van der Waals surface area contributed by atoms with Crippen molar-refractivity contribution in [3.05, 3.63) is 0 Å². The molecule has 1 saturated carbocycles. The Morgan fingerprint density at radius 2 is 1.88 bits per heavy atom. The molecule has 0 saturated heterocycles. The second kappa shape index (κ2) is 6.97. The van der Waals surface area contributed by atoms with Gasteiger partial charge in [0.1, 0.15) is 0 Å². The van der Waals surface area contributed by atoms with E-state index in [1.54, 1.807) is 6.92 Å². The highest BCUT2D eigenvalue weighted by Crippen LogP contribution is 2.26. The van der Waals surface area contributed by atoms with Crippen molar-refractivity contribution in [3.63, 3.8) is 0 Å². The van der Waals surface area contributed by atoms with Gasteiger partial charge in [-0.3, -0.25) is 9.69 Å². The van der Waals surface area contributed by atoms with E-state index < -0.39 is 5.97 Å². The number of carboxylic acid groups (broad SMARTS) is 1. The second-order valence-electron chi connectivity index (χ2n) is 5.12. The Bertz CT molecular complexity index is 239. The van der Waals surface area contributed by atoms with E-state index in [0.717, 1.165) is 12.8 Å². The minimum atomic E-state index is -0.753. The van der Waals surface area contributed by atoms with Crippen LogP contribution < -0.4 is 0 Å². The van der Waals surface area contributed by atoms with Crippen molar-refractivity contribution < 1.29 is 15.0 Å². The van der Waals surface area contributed by atoms with Gasteiger partial charge in [0, 0.05) is 18.6 Å². The van der Waals surface area contributed by atoms with E-state index in [4.69, 9.17) is 10.2 Å². The fourth-order valence-corrected chi connectivity index (χ4v) is 2.74. The summed E-state index contributed by atoms with van der Waals surface area (Å²) in [5.74, 6) is -1.14. The molecule has 0 spiro atoms. The Morgan fingerprint density at radius 3 is 2.35 bits per heavy atom. The molecule has 17 heavy (non-hydrogen) atoms. The van der Waals surface area contributed by atoms with E-state index in [0.29, 0.717) is 12.6 Å². The molecule has 2 unspecified atom stereocenters. The van der Waals surface area contributed by atoms with Crippen LogP contribution in [0.4, 0.5) is 0 Å². The first-order valence-corrected chi connectivity index (χ1v) is 6.67. The third-order valence-electron chi connectivity index (χ3n) is 4.04. The van der Waals surface area contributed by atoms with Gasteiger partial charge in [0.25, 0.3) is 0 Å². The molecule has 2 N–H and O–H groups in total. The van der Waals surface area contributed by atoms with Crippen LogP contribution in [0.15, 0.2) is 0 Å². The molecule has 0 aliphatic heterocycles. The van der Waals surface area contributed by atoms with Gasteiger partial charge in [-0.25, -0.2) is 0 Å². The number of aliphatic hydroxyl groups excluding tert-OH is 1. The van der Waals surface area contributed by atoms with Crippen molar-refractivity contribution in [1.29, 1.82) is 0 Å². The molecule has 0 aromatic carbocycles. The number of carboxylic acids is 1. The van der Waals surface area contributed by atoms with Gasteiger partial charge in [0.15, 0.2) is 0 Å². The molecular formula is C13H25NO3. The Balaban J connectivity index is 2.65. The molecule has 0 heterocycles. The number of aliphatic hydroxyl groups is 1. The molecule has 4 heteroatoms. The third-order valence-corrected chi connectivity index (χ3v) is 4.04. The van der Waals surface area contributed by atoms with Crippen LogP contribution in [0.5, 0.6) is 0 Å². The largest absolute Gasteiger partial charge is 0.481 e. The molecule has 0 aromatic heterocycles. The van der Waals surface area contributed by atoms with Crippen LogP contribution >= 0.6 is 0 Å². The summed E-state index contributed by atoms with van der Waals surface area (Å²) >= 11 is 0. The summed E-state index contributed by atoms with van der Waals surface area (Å²) in [5.41, 5.74) is 0. The van der Waals surface area contributed by atoms with Crippen molar-refractivity contribution in [2.24, 2.45) is 5.92 Å². The normalized spacial score (nSPS) is 21.4. The fourth-order valence-electron chi connectivity index (χ4n) is 2.74. The van der Waals surface area contributed by atoms with Gasteiger partial charge < -0.3 is 10.2 Å². The SMILES string of the molecule is CC(C(=O)O)C(C)N(CCO)C1CCCCC1. The number of hydrogen-bond acceptors (Lipinski definition) is 3. The van der Waals surface area contributed by atoms with E-state index in [1.165, 1.54) is 19.3 Å². The minimum Gasteiger partial charge on any atom is -0.481 e. The lowest BCUT2D eigenvalue weighted by Crippen LogP contribution is -2.48. The zero-order valence-corrected chi connectivity index (χ0v) is 10.9. The average Bonchev–Trinajstić information content (AvgIpc) is 2.35. The maximum absolute atomic E-state index is 11.0. The third kappa shape index (κ3) is 3.96. The van der Waals surface area contributed by atoms with Gasteiger partial charge in [-0.15, -0.1) is 0 Å². The van der Waals surface area contributed by atoms with Gasteiger partial charge >= 0.3 is 5.97 Å². The Morgan fingerprint density at radius 1 is 1.29 bits per heavy atom. The van der Waals surface area contributed by atoms with Crippen LogP contribution in [-0.2, 0) is 4.79 Å². The summed E-state index contributed by atoms with van der Waals surface area (Å²) in [4.78, 5) is 13.2. The van der Waals surface area contributed by atoms with Crippen LogP contribution in [0, 0.1) is 5.92 Å². The Kier molecular flexibility index (Phi) is 5.92. The first-order valence-electron chi connectivity index (χ1n) is 6.67. The summed E-state index contributed by atoms with van der Waals surface area (Å²) < 4.78 is 0. The van der Waals surface area contributed by atoms with Crippen LogP contribution in [-0.4, -0.2) is 46.3 Å². The molecule has 1 aliphatic rings. The van der Waals surface area contributed by atoms with Gasteiger partial charge in [-0.1, -0.05) is 26.2 Å². The molecule has 0 radical (unpaired) electrons. The molecule has 1 rings (SSSR count). The van der Waals surface area contributed by atoms with Crippen LogP contribution in [0.1, 0.15) is 46.0 Å². The smallest absolute Gasteiger partial charge is 0.307 e. The Labute approximate surface area is 104 Å². The molecule has 0 bridgehead atoms. The van der Waals surface area contributed by atoms with Gasteiger partial charge in [-0.2, -0.15) is 0 Å². The van der Waals surface area contributed by atoms with E-state index in [9.17, 15) is 4.79 Å². The maximum atomic E-state index is 11.0. The van der Waals surface area contributed by atoms with Crippen LogP contribution in [0.2, 0.25) is 0 Å². The quantitative estimate of drug-likeness (QED) is 0.745. The predicted molar refractivity (Wildman–Crippen MR) is 66.9 cm³/mol. The number of aliphatic carboxylic acids is 1. The topological polar surface area (TPSA) is 60.8 Å². The minimum absolute atomic E-state index is 0.0113. The van der Waals surface area contributed by atoms with E-state index >= 15 is 0 Å². The van der Waals surface area contributed by atoms with E-state index in [-0.39, 0.29) is 18.6 Å². The summed E-state index contributed by atoms with van der Waals surface area (Å²) in [5, 5.41) is 18.2. The maximum Gasteiger partial charge on any atom is 0.307 e. The van der Waals surface area contributed by atoms with Gasteiger partial charge in [0.2, 0.25) is 0 Å². The summed E-state index contributed by atoms with van der Waals surface area (Å²) in [6.07, 6.45) is 6.00. The van der Waals surface area contributed by atoms with Crippen LogP contribution in [0.3, 0.4) is 0 Å². The van der Waals surface area contributed by atoms with E-state index in [1.807, 2.05) is 6.92 Å². The average molecular weight is 243 g/mol. The molecule has 100 valence electrons. The van der Waals surface area contributed by atoms with Crippen molar-refractivity contribution >= 4 is 5.97 Å². The molecule has 0 aromatic rings. The number of carbonyl (C=O) groups is 1. The predicted octanol–water partition coefficient (Wildman–Crippen LogP) is 1.72. The lowest BCUT2D eigenvalue weighted by atomic mass is 9.91. The second-order valence-corrected chi connectivity index (χ2v) is 5.12. The summed E-state index contributed by atoms with van der Waals surface area (Å²) in [7, 11) is 0. The zero-order valence-electron chi connectivity index (χ0n) is 10.9. The molecule has 1 fully saturated rings. The van der Waals surface area contributed by atoms with Crippen molar-refractivity contribution in [2.75, 3.05) is 13.2 Å². The highest BCUT2D eigenvalue weighted by Gasteiger charge is 2.30. The first kappa shape index (κ1) is 14.5. The molecule has 0 amide bonds. The summed E-state index contributed by atoms with van der Waals surface area (Å²) in [6.45, 7) is 4.40. The fraction of sp³-hybridized carbons (Fsp3) is 0.923. The summed E-state index contributed by atoms with van der Waals surface area (Å²) in [6, 6.07) is 0.440. The number of rotatable bonds is 6. The highest BCUT2D eigenvalue weighted by molar-refractivity contribution is 5.70. The first-order chi connectivity index (χ1) is 8.07. The van der Waals surface area contributed by atoms with E-state index in [2.05, 4.69) is 4.90 Å². The highest BCUT2D eigenvalue weighted by atomic mass is 16.4. The molecular weight excluding hydrogens is 218 g/mol. The van der Waals surface area contributed by atoms with Gasteiger partial charge in [-0.05, 0) is 19.8 Å². The lowest BCUT2D eigenvalue weighted by molar-refractivity contribution is -0.143. The number of nitrogens with zero attached hydrogens (tertiary/aromatic N) is 1. The monoisotopic (exact) mass is 243 g/mol. The zero-order chi connectivity index (χ0) is 12.8. The lowest BCUT2D eigenvalue weighted by Gasteiger charge is -2.39. The van der Waals surface area contributed by atoms with Crippen LogP contribution in [0.25, 0.3) is 0 Å². The standard InChI is InChI=1S/C13H25NO3/c1-10(13(16)17)11(2)14(8-9-15)12-6-4-3-5-7-12/h10-12,15H,3-9H2,1-2H3,(H,16,17). The van der Waals surface area contributed by atoms with Crippen molar-refractivity contribution in [1.82, 2.24) is 4.90 Å². The molecule has 2 atom stereocenters. The Hall–Kier alpha value is -0.610. The number of hydrogen-bond donors (Lipinski definition) is 2. The molecule has 1 aliphatic carbocycles.